The molecular formula is C10H20N2O. The number of amides is 1. The summed E-state index contributed by atoms with van der Waals surface area (Å²) in [5, 5.41) is 0. The lowest BCUT2D eigenvalue weighted by atomic mass is 10.1. The smallest absolute Gasteiger partial charge is 0.222 e. The van der Waals surface area contributed by atoms with Gasteiger partial charge in [0, 0.05) is 25.6 Å². The zero-order valence-corrected chi connectivity index (χ0v) is 8.79. The van der Waals surface area contributed by atoms with E-state index >= 15 is 0 Å². The molecule has 0 aromatic carbocycles. The summed E-state index contributed by atoms with van der Waals surface area (Å²) < 4.78 is 0. The molecule has 1 rings (SSSR count). The summed E-state index contributed by atoms with van der Waals surface area (Å²) in [4.78, 5) is 13.3. The van der Waals surface area contributed by atoms with Gasteiger partial charge in [-0.3, -0.25) is 4.79 Å². The van der Waals surface area contributed by atoms with Gasteiger partial charge in [0.2, 0.25) is 5.91 Å². The standard InChI is InChI=1S/C10H20N2O/c1-7(2)9(11)6-12-5-8(3)4-10(12)13/h7-9H,4-6,11H2,1-3H3. The van der Waals surface area contributed by atoms with Gasteiger partial charge in [-0.15, -0.1) is 0 Å². The van der Waals surface area contributed by atoms with Gasteiger partial charge in [0.1, 0.15) is 0 Å². The van der Waals surface area contributed by atoms with Crippen molar-refractivity contribution in [3.63, 3.8) is 0 Å². The van der Waals surface area contributed by atoms with Crippen LogP contribution in [0.25, 0.3) is 0 Å². The average Bonchev–Trinajstić information content (AvgIpc) is 2.30. The molecule has 0 spiro atoms. The van der Waals surface area contributed by atoms with Crippen LogP contribution >= 0.6 is 0 Å². The minimum atomic E-state index is 0.120. The Kier molecular flexibility index (Phi) is 3.31. The van der Waals surface area contributed by atoms with Crippen molar-refractivity contribution in [1.29, 1.82) is 0 Å². The molecule has 0 radical (unpaired) electrons. The maximum Gasteiger partial charge on any atom is 0.222 e. The van der Waals surface area contributed by atoms with Crippen LogP contribution < -0.4 is 5.73 Å². The molecule has 0 saturated carbocycles. The summed E-state index contributed by atoms with van der Waals surface area (Å²) in [5.74, 6) is 1.22. The first-order valence-corrected chi connectivity index (χ1v) is 5.04. The number of hydrogen-bond donors (Lipinski definition) is 1. The van der Waals surface area contributed by atoms with Crippen LogP contribution in [0.15, 0.2) is 0 Å². The maximum atomic E-state index is 11.4. The van der Waals surface area contributed by atoms with Crippen molar-refractivity contribution < 1.29 is 4.79 Å². The van der Waals surface area contributed by atoms with Gasteiger partial charge in [-0.2, -0.15) is 0 Å². The fourth-order valence-electron chi connectivity index (χ4n) is 1.61. The summed E-state index contributed by atoms with van der Waals surface area (Å²) in [7, 11) is 0. The molecule has 1 aliphatic heterocycles. The second-order valence-electron chi connectivity index (χ2n) is 4.52. The lowest BCUT2D eigenvalue weighted by molar-refractivity contribution is -0.128. The molecule has 1 amide bonds. The Bertz CT molecular complexity index is 191. The van der Waals surface area contributed by atoms with Gasteiger partial charge >= 0.3 is 0 Å². The molecule has 0 aromatic rings. The van der Waals surface area contributed by atoms with E-state index in [2.05, 4.69) is 20.8 Å². The van der Waals surface area contributed by atoms with E-state index in [4.69, 9.17) is 5.73 Å². The van der Waals surface area contributed by atoms with E-state index in [1.165, 1.54) is 0 Å². The molecule has 1 aliphatic rings. The van der Waals surface area contributed by atoms with E-state index in [1.807, 2.05) is 4.90 Å². The van der Waals surface area contributed by atoms with Crippen molar-refractivity contribution in [3.05, 3.63) is 0 Å². The van der Waals surface area contributed by atoms with E-state index in [-0.39, 0.29) is 11.9 Å². The number of hydrogen-bond acceptors (Lipinski definition) is 2. The van der Waals surface area contributed by atoms with Gasteiger partial charge in [0.05, 0.1) is 0 Å². The Balaban J connectivity index is 2.41. The highest BCUT2D eigenvalue weighted by molar-refractivity contribution is 5.78. The number of carbonyl (C=O) groups excluding carboxylic acids is 1. The van der Waals surface area contributed by atoms with Crippen LogP contribution in [0.5, 0.6) is 0 Å². The topological polar surface area (TPSA) is 46.3 Å². The molecule has 2 N–H and O–H groups in total. The van der Waals surface area contributed by atoms with Crippen LogP contribution in [-0.2, 0) is 4.79 Å². The van der Waals surface area contributed by atoms with Crippen LogP contribution in [0.1, 0.15) is 27.2 Å². The van der Waals surface area contributed by atoms with Gasteiger partial charge in [-0.1, -0.05) is 20.8 Å². The second kappa shape index (κ2) is 4.09. The maximum absolute atomic E-state index is 11.4. The molecule has 3 heteroatoms. The Hall–Kier alpha value is -0.570. The minimum absolute atomic E-state index is 0.120. The highest BCUT2D eigenvalue weighted by atomic mass is 16.2. The molecule has 13 heavy (non-hydrogen) atoms. The quantitative estimate of drug-likeness (QED) is 0.706. The van der Waals surface area contributed by atoms with Gasteiger partial charge in [-0.05, 0) is 11.8 Å². The molecular weight excluding hydrogens is 164 g/mol. The minimum Gasteiger partial charge on any atom is -0.341 e. The van der Waals surface area contributed by atoms with Gasteiger partial charge in [0.15, 0.2) is 0 Å². The fourth-order valence-corrected chi connectivity index (χ4v) is 1.61. The molecule has 2 atom stereocenters. The first kappa shape index (κ1) is 10.5. The van der Waals surface area contributed by atoms with Crippen molar-refractivity contribution in [2.24, 2.45) is 17.6 Å². The summed E-state index contributed by atoms with van der Waals surface area (Å²) in [5.41, 5.74) is 5.91. The van der Waals surface area contributed by atoms with E-state index in [0.29, 0.717) is 18.3 Å². The fraction of sp³-hybridized carbons (Fsp3) is 0.900. The zero-order valence-electron chi connectivity index (χ0n) is 8.79. The Morgan fingerprint density at radius 1 is 1.62 bits per heavy atom. The first-order chi connectivity index (χ1) is 6.00. The molecule has 1 fully saturated rings. The lowest BCUT2D eigenvalue weighted by Gasteiger charge is -2.23. The predicted octanol–water partition coefficient (Wildman–Crippen LogP) is 0.838. The lowest BCUT2D eigenvalue weighted by Crippen LogP contribution is -2.41. The average molecular weight is 184 g/mol. The van der Waals surface area contributed by atoms with Crippen molar-refractivity contribution in [2.45, 2.75) is 33.2 Å². The highest BCUT2D eigenvalue weighted by Crippen LogP contribution is 2.17. The highest BCUT2D eigenvalue weighted by Gasteiger charge is 2.27. The van der Waals surface area contributed by atoms with E-state index < -0.39 is 0 Å². The third-order valence-electron chi connectivity index (χ3n) is 2.70. The molecule has 3 nitrogen and oxygen atoms in total. The summed E-state index contributed by atoms with van der Waals surface area (Å²) >= 11 is 0. The third kappa shape index (κ3) is 2.69. The van der Waals surface area contributed by atoms with Crippen LogP contribution in [0, 0.1) is 11.8 Å². The normalized spacial score (nSPS) is 25.8. The predicted molar refractivity (Wildman–Crippen MR) is 53.2 cm³/mol. The van der Waals surface area contributed by atoms with Crippen LogP contribution in [0.2, 0.25) is 0 Å². The van der Waals surface area contributed by atoms with E-state index in [9.17, 15) is 4.79 Å². The van der Waals surface area contributed by atoms with Crippen molar-refractivity contribution in [3.8, 4) is 0 Å². The Labute approximate surface area is 80.3 Å². The van der Waals surface area contributed by atoms with E-state index in [0.717, 1.165) is 13.1 Å². The summed E-state index contributed by atoms with van der Waals surface area (Å²) in [6.07, 6.45) is 0.699. The van der Waals surface area contributed by atoms with Gasteiger partial charge in [0.25, 0.3) is 0 Å². The number of nitrogens with two attached hydrogens (primary N) is 1. The van der Waals surface area contributed by atoms with Crippen molar-refractivity contribution in [2.75, 3.05) is 13.1 Å². The Morgan fingerprint density at radius 2 is 2.23 bits per heavy atom. The largest absolute Gasteiger partial charge is 0.341 e. The molecule has 0 aromatic heterocycles. The first-order valence-electron chi connectivity index (χ1n) is 5.04. The second-order valence-corrected chi connectivity index (χ2v) is 4.52. The van der Waals surface area contributed by atoms with Crippen molar-refractivity contribution in [1.82, 2.24) is 4.90 Å². The third-order valence-corrected chi connectivity index (χ3v) is 2.70. The van der Waals surface area contributed by atoms with Crippen LogP contribution in [0.3, 0.4) is 0 Å². The number of nitrogens with zero attached hydrogens (tertiary/aromatic N) is 1. The molecule has 0 bridgehead atoms. The number of rotatable bonds is 3. The summed E-state index contributed by atoms with van der Waals surface area (Å²) in [6, 6.07) is 0.120. The molecule has 76 valence electrons. The zero-order chi connectivity index (χ0) is 10.0. The molecule has 2 unspecified atom stereocenters. The number of likely N-dealkylation sites (tertiary alicyclic amines) is 1. The van der Waals surface area contributed by atoms with Crippen LogP contribution in [0.4, 0.5) is 0 Å². The molecule has 1 heterocycles. The summed E-state index contributed by atoms with van der Waals surface area (Å²) in [6.45, 7) is 7.90. The van der Waals surface area contributed by atoms with Gasteiger partial charge < -0.3 is 10.6 Å². The SMILES string of the molecule is CC1CC(=O)N(CC(N)C(C)C)C1. The van der Waals surface area contributed by atoms with Gasteiger partial charge in [-0.25, -0.2) is 0 Å². The van der Waals surface area contributed by atoms with Crippen LogP contribution in [-0.4, -0.2) is 29.9 Å². The number of carbonyl (C=O) groups is 1. The molecule has 1 saturated heterocycles. The monoisotopic (exact) mass is 184 g/mol. The van der Waals surface area contributed by atoms with E-state index in [1.54, 1.807) is 0 Å². The van der Waals surface area contributed by atoms with Crippen molar-refractivity contribution >= 4 is 5.91 Å². The molecule has 0 aliphatic carbocycles. The Morgan fingerprint density at radius 3 is 2.62 bits per heavy atom.